The lowest BCUT2D eigenvalue weighted by molar-refractivity contribution is -1.04. The molecule has 0 radical (unpaired) electrons. The fraction of sp³-hybridized carbons (Fsp3) is 0.727. The Hall–Kier alpha value is -1.10. The number of anilines is 1. The van der Waals surface area contributed by atoms with Gasteiger partial charge in [0.25, 0.3) is 0 Å². The molecule has 26 heavy (non-hydrogen) atoms. The third-order valence-electron chi connectivity index (χ3n) is 9.67. The lowest BCUT2D eigenvalue weighted by atomic mass is 9.60. The van der Waals surface area contributed by atoms with Gasteiger partial charge in [0.15, 0.2) is 6.23 Å². The van der Waals surface area contributed by atoms with Crippen molar-refractivity contribution < 1.29 is 14.7 Å². The molecule has 2 N–H and O–H groups in total. The summed E-state index contributed by atoms with van der Waals surface area (Å²) >= 11 is 0. The second-order valence-electron chi connectivity index (χ2n) is 9.67. The van der Waals surface area contributed by atoms with Crippen LogP contribution in [0.1, 0.15) is 38.7 Å². The van der Waals surface area contributed by atoms with Gasteiger partial charge in [-0.25, -0.2) is 0 Å². The molecular weight excluding hydrogens is 324 g/mol. The van der Waals surface area contributed by atoms with E-state index in [0.29, 0.717) is 35.9 Å². The third-order valence-corrected chi connectivity index (χ3v) is 9.67. The highest BCUT2D eigenvalue weighted by atomic mass is 16.3. The quantitative estimate of drug-likeness (QED) is 0.799. The van der Waals surface area contributed by atoms with Crippen LogP contribution in [0.4, 0.5) is 5.69 Å². The summed E-state index contributed by atoms with van der Waals surface area (Å²) in [4.78, 5) is 2.46. The van der Waals surface area contributed by atoms with E-state index < -0.39 is 0 Å². The smallest absolute Gasteiger partial charge is 0.194 e. The Labute approximate surface area is 156 Å². The van der Waals surface area contributed by atoms with Crippen LogP contribution in [0.25, 0.3) is 0 Å². The Bertz CT molecular complexity index is 783. The van der Waals surface area contributed by atoms with Crippen molar-refractivity contribution in [3.8, 4) is 0 Å². The number of aliphatic hydroxyl groups excluding tert-OH is 2. The van der Waals surface area contributed by atoms with Crippen molar-refractivity contribution in [3.05, 3.63) is 29.8 Å². The molecule has 1 spiro atoms. The first-order valence-electron chi connectivity index (χ1n) is 10.6. The zero-order chi connectivity index (χ0) is 18.0. The number of quaternary nitrogens is 1. The molecule has 7 rings (SSSR count). The van der Waals surface area contributed by atoms with Crippen molar-refractivity contribution in [2.45, 2.75) is 69.0 Å². The van der Waals surface area contributed by atoms with Crippen LogP contribution in [0.5, 0.6) is 0 Å². The number of aliphatic hydroxyl groups is 2. The number of hydrogen-bond acceptors (Lipinski definition) is 3. The van der Waals surface area contributed by atoms with Gasteiger partial charge in [0, 0.05) is 37.4 Å². The van der Waals surface area contributed by atoms with E-state index in [1.54, 1.807) is 0 Å². The first kappa shape index (κ1) is 15.9. The number of piperidine rings is 4. The predicted octanol–water partition coefficient (Wildman–Crippen LogP) is 2.09. The standard InChI is InChI=1S/C22H31N2O2/c1-4-12-13-10-16-19-22(14-8-6-7-9-15(14)23(19)3)11-17(18(13)20(22)25)24(16,5-2)21(12)26/h6-9,12-13,16-21,25-26H,4-5,10-11H2,1-3H3/q+1/t12-,13-,16?,17-,18?,19-,20?,21+,22?,24?/m0/s1. The molecule has 5 bridgehead atoms. The Morgan fingerprint density at radius 3 is 2.69 bits per heavy atom. The van der Waals surface area contributed by atoms with E-state index in [1.807, 2.05) is 0 Å². The molecule has 4 nitrogen and oxygen atoms in total. The second kappa shape index (κ2) is 4.65. The highest BCUT2D eigenvalue weighted by Gasteiger charge is 2.82. The lowest BCUT2D eigenvalue weighted by Crippen LogP contribution is -2.82. The predicted molar refractivity (Wildman–Crippen MR) is 101 cm³/mol. The molecule has 10 atom stereocenters. The average molecular weight is 356 g/mol. The molecule has 1 aromatic carbocycles. The van der Waals surface area contributed by atoms with Crippen LogP contribution >= 0.6 is 0 Å². The molecule has 6 aliphatic rings. The largest absolute Gasteiger partial charge is 0.392 e. The molecule has 5 aliphatic heterocycles. The van der Waals surface area contributed by atoms with Gasteiger partial charge < -0.3 is 15.1 Å². The minimum Gasteiger partial charge on any atom is -0.392 e. The fourth-order valence-electron chi connectivity index (χ4n) is 9.03. The van der Waals surface area contributed by atoms with E-state index in [1.165, 1.54) is 17.7 Å². The monoisotopic (exact) mass is 355 g/mol. The van der Waals surface area contributed by atoms with Crippen molar-refractivity contribution in [3.63, 3.8) is 0 Å². The molecule has 5 fully saturated rings. The summed E-state index contributed by atoms with van der Waals surface area (Å²) in [5.41, 5.74) is 2.55. The van der Waals surface area contributed by atoms with Crippen molar-refractivity contribution in [2.24, 2.45) is 17.8 Å². The summed E-state index contributed by atoms with van der Waals surface area (Å²) in [7, 11) is 2.22. The van der Waals surface area contributed by atoms with Crippen LogP contribution in [0.2, 0.25) is 0 Å². The zero-order valence-corrected chi connectivity index (χ0v) is 16.0. The van der Waals surface area contributed by atoms with Gasteiger partial charge in [-0.2, -0.15) is 0 Å². The van der Waals surface area contributed by atoms with Gasteiger partial charge in [-0.15, -0.1) is 0 Å². The molecule has 4 saturated heterocycles. The van der Waals surface area contributed by atoms with Gasteiger partial charge in [-0.3, -0.25) is 4.48 Å². The number of fused-ring (bicyclic) bond motifs is 2. The maximum atomic E-state index is 11.8. The Morgan fingerprint density at radius 2 is 1.96 bits per heavy atom. The molecule has 0 aromatic heterocycles. The van der Waals surface area contributed by atoms with Crippen LogP contribution in [0, 0.1) is 17.8 Å². The molecule has 140 valence electrons. The van der Waals surface area contributed by atoms with Crippen LogP contribution in [0.15, 0.2) is 24.3 Å². The number of likely N-dealkylation sites (N-methyl/N-ethyl adjacent to an activating group) is 2. The Kier molecular flexibility index (Phi) is 2.85. The molecule has 5 heterocycles. The van der Waals surface area contributed by atoms with Crippen molar-refractivity contribution in [2.75, 3.05) is 18.5 Å². The maximum Gasteiger partial charge on any atom is 0.194 e. The number of benzene rings is 1. The number of para-hydroxylation sites is 1. The summed E-state index contributed by atoms with van der Waals surface area (Å²) in [6, 6.07) is 9.93. The molecule has 5 unspecified atom stereocenters. The van der Waals surface area contributed by atoms with E-state index in [4.69, 9.17) is 0 Å². The van der Waals surface area contributed by atoms with E-state index in [-0.39, 0.29) is 17.7 Å². The summed E-state index contributed by atoms with van der Waals surface area (Å²) in [6.45, 7) is 5.48. The maximum absolute atomic E-state index is 11.8. The van der Waals surface area contributed by atoms with Crippen molar-refractivity contribution in [1.29, 1.82) is 0 Å². The highest BCUT2D eigenvalue weighted by Crippen LogP contribution is 2.71. The molecule has 1 saturated carbocycles. The normalized spacial score (nSPS) is 55.3. The van der Waals surface area contributed by atoms with E-state index in [9.17, 15) is 10.2 Å². The van der Waals surface area contributed by atoms with Crippen molar-refractivity contribution in [1.82, 2.24) is 0 Å². The van der Waals surface area contributed by atoms with Gasteiger partial charge in [0.1, 0.15) is 6.04 Å². The van der Waals surface area contributed by atoms with Gasteiger partial charge in [0.2, 0.25) is 0 Å². The SMILES string of the molecule is CC[C@H]1[C@@H]2CC3[C@@H]4N(C)c5ccccc5C45C[C@@H](C2C5O)[N+]3(CC)[C@@H]1O. The number of hydrogen-bond donors (Lipinski definition) is 2. The zero-order valence-electron chi connectivity index (χ0n) is 16.0. The lowest BCUT2D eigenvalue weighted by Gasteiger charge is -2.67. The highest BCUT2D eigenvalue weighted by molar-refractivity contribution is 5.66. The average Bonchev–Trinajstić information content (AvgIpc) is 3.04. The minimum absolute atomic E-state index is 0.126. The summed E-state index contributed by atoms with van der Waals surface area (Å²) < 4.78 is 0.849. The van der Waals surface area contributed by atoms with E-state index in [2.05, 4.69) is 50.1 Å². The topological polar surface area (TPSA) is 43.7 Å². The van der Waals surface area contributed by atoms with Crippen LogP contribution < -0.4 is 4.90 Å². The van der Waals surface area contributed by atoms with Gasteiger partial charge in [0.05, 0.1) is 30.1 Å². The number of rotatable bonds is 2. The first-order chi connectivity index (χ1) is 12.5. The summed E-state index contributed by atoms with van der Waals surface area (Å²) in [5, 5.41) is 23.4. The molecule has 4 heteroatoms. The fourth-order valence-corrected chi connectivity index (χ4v) is 9.03. The van der Waals surface area contributed by atoms with Crippen LogP contribution in [-0.4, -0.2) is 58.7 Å². The van der Waals surface area contributed by atoms with Gasteiger partial charge in [-0.1, -0.05) is 25.1 Å². The van der Waals surface area contributed by atoms with E-state index in [0.717, 1.165) is 23.9 Å². The second-order valence-corrected chi connectivity index (χ2v) is 9.67. The van der Waals surface area contributed by atoms with Crippen LogP contribution in [0.3, 0.4) is 0 Å². The van der Waals surface area contributed by atoms with Gasteiger partial charge in [-0.05, 0) is 30.9 Å². The minimum atomic E-state index is -0.272. The van der Waals surface area contributed by atoms with Crippen molar-refractivity contribution >= 4 is 5.69 Å². The summed E-state index contributed by atoms with van der Waals surface area (Å²) in [6.07, 6.45) is 2.71. The molecule has 0 amide bonds. The third kappa shape index (κ3) is 1.30. The van der Waals surface area contributed by atoms with E-state index >= 15 is 0 Å². The molecule has 1 aliphatic carbocycles. The van der Waals surface area contributed by atoms with Crippen LogP contribution in [-0.2, 0) is 5.41 Å². The molecule has 1 aromatic rings. The van der Waals surface area contributed by atoms with Gasteiger partial charge >= 0.3 is 0 Å². The Balaban J connectivity index is 1.63. The summed E-state index contributed by atoms with van der Waals surface area (Å²) in [5.74, 6) is 1.18. The number of nitrogens with zero attached hydrogens (tertiary/aromatic N) is 2. The molecular formula is C22H31N2O2+. The first-order valence-corrected chi connectivity index (χ1v) is 10.6. The Morgan fingerprint density at radius 1 is 1.19 bits per heavy atom.